The van der Waals surface area contributed by atoms with Crippen molar-refractivity contribution in [2.75, 3.05) is 26.3 Å². The van der Waals surface area contributed by atoms with Crippen molar-refractivity contribution in [3.05, 3.63) is 36.0 Å². The first-order valence-corrected chi connectivity index (χ1v) is 8.14. The van der Waals surface area contributed by atoms with E-state index in [1.165, 1.54) is 0 Å². The summed E-state index contributed by atoms with van der Waals surface area (Å²) in [6.07, 6.45) is 2.31. The lowest BCUT2D eigenvalue weighted by atomic mass is 9.99. The van der Waals surface area contributed by atoms with E-state index in [2.05, 4.69) is 22.9 Å². The van der Waals surface area contributed by atoms with Crippen LogP contribution in [0.4, 0.5) is 0 Å². The van der Waals surface area contributed by atoms with Crippen molar-refractivity contribution in [2.45, 2.75) is 26.3 Å². The Morgan fingerprint density at radius 3 is 2.82 bits per heavy atom. The zero-order chi connectivity index (χ0) is 15.4. The van der Waals surface area contributed by atoms with Crippen LogP contribution in [-0.2, 0) is 11.3 Å². The highest BCUT2D eigenvalue weighted by Crippen LogP contribution is 2.23. The molecule has 0 atom stereocenters. The normalized spacial score (nSPS) is 16.5. The van der Waals surface area contributed by atoms with Gasteiger partial charge in [0.2, 0.25) is 0 Å². The number of benzene rings is 1. The molecule has 1 aliphatic heterocycles. The minimum absolute atomic E-state index is 0.256. The molecule has 0 unspecified atom stereocenters. The number of para-hydroxylation sites is 1. The monoisotopic (exact) mass is 300 g/mol. The average Bonchev–Trinajstić information content (AvgIpc) is 2.56. The van der Waals surface area contributed by atoms with Crippen LogP contribution < -0.4 is 0 Å². The van der Waals surface area contributed by atoms with E-state index < -0.39 is 0 Å². The summed E-state index contributed by atoms with van der Waals surface area (Å²) in [5.41, 5.74) is 1.71. The van der Waals surface area contributed by atoms with Gasteiger partial charge in [-0.15, -0.1) is 0 Å². The summed E-state index contributed by atoms with van der Waals surface area (Å²) in [5, 5.41) is 10.9. The third-order valence-electron chi connectivity index (χ3n) is 4.45. The summed E-state index contributed by atoms with van der Waals surface area (Å²) in [7, 11) is 0. The Balaban J connectivity index is 1.71. The molecule has 4 nitrogen and oxygen atoms in total. The van der Waals surface area contributed by atoms with Gasteiger partial charge in [-0.25, -0.2) is 4.98 Å². The van der Waals surface area contributed by atoms with E-state index >= 15 is 0 Å². The van der Waals surface area contributed by atoms with Crippen LogP contribution in [0.25, 0.3) is 10.9 Å². The van der Waals surface area contributed by atoms with Gasteiger partial charge in [-0.3, -0.25) is 4.90 Å². The first-order valence-electron chi connectivity index (χ1n) is 8.14. The van der Waals surface area contributed by atoms with Crippen LogP contribution in [0.1, 0.15) is 25.5 Å². The first-order chi connectivity index (χ1) is 10.8. The van der Waals surface area contributed by atoms with Gasteiger partial charge in [-0.2, -0.15) is 0 Å². The quantitative estimate of drug-likeness (QED) is 0.921. The van der Waals surface area contributed by atoms with Gasteiger partial charge in [0.1, 0.15) is 11.3 Å². The van der Waals surface area contributed by atoms with E-state index in [0.717, 1.165) is 62.7 Å². The molecule has 0 spiro atoms. The molecule has 1 N–H and O–H groups in total. The second-order valence-electron chi connectivity index (χ2n) is 6.03. The van der Waals surface area contributed by atoms with Crippen LogP contribution in [0.5, 0.6) is 5.75 Å². The number of nitrogens with zero attached hydrogens (tertiary/aromatic N) is 2. The highest BCUT2D eigenvalue weighted by Gasteiger charge is 2.17. The SMILES string of the molecule is CCN(Cc1ccc2cccc(O)c2n1)CC1CCOCC1. The molecule has 0 saturated carbocycles. The first kappa shape index (κ1) is 15.3. The minimum Gasteiger partial charge on any atom is -0.506 e. The topological polar surface area (TPSA) is 45.6 Å². The van der Waals surface area contributed by atoms with Gasteiger partial charge < -0.3 is 9.84 Å². The fourth-order valence-electron chi connectivity index (χ4n) is 3.09. The van der Waals surface area contributed by atoms with Crippen molar-refractivity contribution in [3.63, 3.8) is 0 Å². The van der Waals surface area contributed by atoms with Crippen LogP contribution in [0.15, 0.2) is 30.3 Å². The number of rotatable bonds is 5. The lowest BCUT2D eigenvalue weighted by Gasteiger charge is -2.28. The average molecular weight is 300 g/mol. The van der Waals surface area contributed by atoms with Crippen molar-refractivity contribution < 1.29 is 9.84 Å². The molecule has 0 radical (unpaired) electrons. The molecule has 1 aliphatic rings. The molecule has 1 aromatic heterocycles. The molecule has 2 aromatic rings. The molecule has 4 heteroatoms. The number of aromatic nitrogens is 1. The number of ether oxygens (including phenoxy) is 1. The fourth-order valence-corrected chi connectivity index (χ4v) is 3.09. The number of hydrogen-bond acceptors (Lipinski definition) is 4. The largest absolute Gasteiger partial charge is 0.506 e. The van der Waals surface area contributed by atoms with Gasteiger partial charge in [-0.1, -0.05) is 25.1 Å². The molecule has 1 saturated heterocycles. The fraction of sp³-hybridized carbons (Fsp3) is 0.500. The standard InChI is InChI=1S/C18H24N2O2/c1-2-20(12-14-8-10-22-11-9-14)13-16-7-6-15-4-3-5-17(21)18(15)19-16/h3-7,14,21H,2,8-13H2,1H3. The predicted octanol–water partition coefficient (Wildman–Crippen LogP) is 3.19. The Bertz CT molecular complexity index is 624. The van der Waals surface area contributed by atoms with Gasteiger partial charge >= 0.3 is 0 Å². The van der Waals surface area contributed by atoms with Gasteiger partial charge in [0, 0.05) is 31.7 Å². The van der Waals surface area contributed by atoms with Crippen LogP contribution in [0.2, 0.25) is 0 Å². The molecule has 0 aliphatic carbocycles. The van der Waals surface area contributed by atoms with Crippen molar-refractivity contribution in [2.24, 2.45) is 5.92 Å². The molecule has 118 valence electrons. The van der Waals surface area contributed by atoms with Crippen LogP contribution in [-0.4, -0.2) is 41.3 Å². The maximum atomic E-state index is 9.96. The number of hydrogen-bond donors (Lipinski definition) is 1. The number of phenols is 1. The lowest BCUT2D eigenvalue weighted by Crippen LogP contribution is -2.32. The van der Waals surface area contributed by atoms with Gasteiger partial charge in [0.25, 0.3) is 0 Å². The third-order valence-corrected chi connectivity index (χ3v) is 4.45. The molecule has 22 heavy (non-hydrogen) atoms. The van der Waals surface area contributed by atoms with E-state index in [1.54, 1.807) is 6.07 Å². The zero-order valence-electron chi connectivity index (χ0n) is 13.2. The summed E-state index contributed by atoms with van der Waals surface area (Å²) < 4.78 is 5.44. The predicted molar refractivity (Wildman–Crippen MR) is 87.9 cm³/mol. The third kappa shape index (κ3) is 3.57. The molecule has 0 amide bonds. The summed E-state index contributed by atoms with van der Waals surface area (Å²) >= 11 is 0. The maximum Gasteiger partial charge on any atom is 0.141 e. The number of phenolic OH excluding ortho intramolecular Hbond substituents is 1. The highest BCUT2D eigenvalue weighted by molar-refractivity contribution is 5.84. The second-order valence-corrected chi connectivity index (χ2v) is 6.03. The number of pyridine rings is 1. The lowest BCUT2D eigenvalue weighted by molar-refractivity contribution is 0.0520. The summed E-state index contributed by atoms with van der Waals surface area (Å²) in [6, 6.07) is 9.63. The van der Waals surface area contributed by atoms with E-state index in [-0.39, 0.29) is 5.75 Å². The van der Waals surface area contributed by atoms with E-state index in [0.29, 0.717) is 5.52 Å². The Morgan fingerprint density at radius 2 is 2.05 bits per heavy atom. The van der Waals surface area contributed by atoms with Gasteiger partial charge in [0.15, 0.2) is 0 Å². The summed E-state index contributed by atoms with van der Waals surface area (Å²) in [5.74, 6) is 0.981. The van der Waals surface area contributed by atoms with E-state index in [9.17, 15) is 5.11 Å². The second kappa shape index (κ2) is 7.07. The number of fused-ring (bicyclic) bond motifs is 1. The van der Waals surface area contributed by atoms with Crippen molar-refractivity contribution in [1.29, 1.82) is 0 Å². The summed E-state index contributed by atoms with van der Waals surface area (Å²) in [6.45, 7) is 6.92. The molecule has 3 rings (SSSR count). The Morgan fingerprint density at radius 1 is 1.23 bits per heavy atom. The van der Waals surface area contributed by atoms with Crippen LogP contribution >= 0.6 is 0 Å². The molecular weight excluding hydrogens is 276 g/mol. The Labute approximate surface area is 131 Å². The molecule has 0 bridgehead atoms. The highest BCUT2D eigenvalue weighted by atomic mass is 16.5. The molecule has 2 heterocycles. The number of aromatic hydroxyl groups is 1. The maximum absolute atomic E-state index is 9.96. The molecule has 1 aromatic carbocycles. The Kier molecular flexibility index (Phi) is 4.90. The van der Waals surface area contributed by atoms with E-state index in [1.807, 2.05) is 18.2 Å². The zero-order valence-corrected chi connectivity index (χ0v) is 13.2. The van der Waals surface area contributed by atoms with E-state index in [4.69, 9.17) is 4.74 Å². The minimum atomic E-state index is 0.256. The van der Waals surface area contributed by atoms with Crippen LogP contribution in [0, 0.1) is 5.92 Å². The van der Waals surface area contributed by atoms with Gasteiger partial charge in [-0.05, 0) is 37.4 Å². The van der Waals surface area contributed by atoms with Crippen LogP contribution in [0.3, 0.4) is 0 Å². The molecular formula is C18H24N2O2. The van der Waals surface area contributed by atoms with Gasteiger partial charge in [0.05, 0.1) is 5.69 Å². The smallest absolute Gasteiger partial charge is 0.141 e. The van der Waals surface area contributed by atoms with Crippen molar-refractivity contribution in [3.8, 4) is 5.75 Å². The van der Waals surface area contributed by atoms with Crippen molar-refractivity contribution in [1.82, 2.24) is 9.88 Å². The molecule has 1 fully saturated rings. The Hall–Kier alpha value is -1.65. The summed E-state index contributed by atoms with van der Waals surface area (Å²) in [4.78, 5) is 7.07. The van der Waals surface area contributed by atoms with Crippen molar-refractivity contribution >= 4 is 10.9 Å².